The van der Waals surface area contributed by atoms with E-state index in [2.05, 4.69) is 22.0 Å². The number of ether oxygens (including phenoxy) is 1. The number of carbonyl (C=O) groups is 1. The van der Waals surface area contributed by atoms with Crippen LogP contribution in [0.3, 0.4) is 0 Å². The number of hydrogen-bond acceptors (Lipinski definition) is 5. The summed E-state index contributed by atoms with van der Waals surface area (Å²) < 4.78 is 6.07. The highest BCUT2D eigenvalue weighted by atomic mass is 16.5. The number of benzene rings is 1. The van der Waals surface area contributed by atoms with Crippen molar-refractivity contribution in [2.75, 3.05) is 13.1 Å². The molecule has 0 unspecified atom stereocenters. The predicted molar refractivity (Wildman–Crippen MR) is 89.4 cm³/mol. The lowest BCUT2D eigenvalue weighted by Crippen LogP contribution is -2.41. The first-order valence-corrected chi connectivity index (χ1v) is 8.16. The van der Waals surface area contributed by atoms with Crippen LogP contribution < -0.4 is 4.74 Å². The van der Waals surface area contributed by atoms with E-state index < -0.39 is 0 Å². The van der Waals surface area contributed by atoms with Crippen molar-refractivity contribution in [1.82, 2.24) is 25.1 Å². The predicted octanol–water partition coefficient (Wildman–Crippen LogP) is 1.92. The van der Waals surface area contributed by atoms with Crippen LogP contribution in [0.15, 0.2) is 36.9 Å². The molecule has 2 heterocycles. The van der Waals surface area contributed by atoms with Gasteiger partial charge in [0.05, 0.1) is 6.54 Å². The van der Waals surface area contributed by atoms with Gasteiger partial charge in [-0.1, -0.05) is 18.7 Å². The molecule has 1 saturated heterocycles. The molecular formula is C17H21N5O2. The average Bonchev–Trinajstić information content (AvgIpc) is 3.11. The lowest BCUT2D eigenvalue weighted by atomic mass is 10.1. The molecule has 0 atom stereocenters. The molecule has 0 N–H and O–H groups in total. The Hall–Kier alpha value is -2.70. The Morgan fingerprint density at radius 3 is 2.88 bits per heavy atom. The molecule has 1 fully saturated rings. The van der Waals surface area contributed by atoms with Crippen molar-refractivity contribution in [3.63, 3.8) is 0 Å². The molecule has 7 nitrogen and oxygen atoms in total. The Kier molecular flexibility index (Phi) is 4.88. The highest BCUT2D eigenvalue weighted by molar-refractivity contribution is 5.87. The summed E-state index contributed by atoms with van der Waals surface area (Å²) in [6.45, 7) is 7.57. The Balaban J connectivity index is 1.63. The van der Waals surface area contributed by atoms with E-state index in [4.69, 9.17) is 4.74 Å². The third-order valence-electron chi connectivity index (χ3n) is 4.06. The number of carbonyl (C=O) groups excluding carboxylic acids is 1. The Morgan fingerprint density at radius 2 is 2.21 bits per heavy atom. The summed E-state index contributed by atoms with van der Waals surface area (Å²) in [5.74, 6) is 1.36. The van der Waals surface area contributed by atoms with Crippen LogP contribution in [0.1, 0.15) is 19.8 Å². The lowest BCUT2D eigenvalue weighted by Gasteiger charge is -2.31. The smallest absolute Gasteiger partial charge is 0.245 e. The Morgan fingerprint density at radius 1 is 1.42 bits per heavy atom. The van der Waals surface area contributed by atoms with E-state index in [9.17, 15) is 4.79 Å². The fourth-order valence-electron chi connectivity index (χ4n) is 2.72. The summed E-state index contributed by atoms with van der Waals surface area (Å²) in [5, 5.41) is 12.3. The number of hydrogen-bond donors (Lipinski definition) is 0. The maximum Gasteiger partial charge on any atom is 0.245 e. The van der Waals surface area contributed by atoms with Gasteiger partial charge in [-0.15, -0.1) is 10.2 Å². The third kappa shape index (κ3) is 3.61. The van der Waals surface area contributed by atoms with Crippen molar-refractivity contribution in [3.8, 4) is 17.1 Å². The standard InChI is InChI=1S/C17H21N5O2/c1-3-16(23)21-10-8-14(9-11-21)24-15-7-5-6-13(12-15)17-18-20-22(4-2)19-17/h3,5-7,12,14H,1,4,8-11H2,2H3. The van der Waals surface area contributed by atoms with Crippen LogP contribution >= 0.6 is 0 Å². The number of amides is 1. The van der Waals surface area contributed by atoms with E-state index >= 15 is 0 Å². The van der Waals surface area contributed by atoms with Gasteiger partial charge in [-0.25, -0.2) is 0 Å². The fourth-order valence-corrected chi connectivity index (χ4v) is 2.72. The van der Waals surface area contributed by atoms with Crippen LogP contribution in [-0.2, 0) is 11.3 Å². The maximum atomic E-state index is 11.6. The van der Waals surface area contributed by atoms with Gasteiger partial charge in [0.15, 0.2) is 0 Å². The molecule has 1 aromatic carbocycles. The third-order valence-corrected chi connectivity index (χ3v) is 4.06. The first kappa shape index (κ1) is 16.2. The average molecular weight is 327 g/mol. The summed E-state index contributed by atoms with van der Waals surface area (Å²) in [5.41, 5.74) is 0.881. The van der Waals surface area contributed by atoms with E-state index in [0.717, 1.165) is 24.2 Å². The summed E-state index contributed by atoms with van der Waals surface area (Å²) in [4.78, 5) is 15.0. The molecule has 7 heteroatoms. The number of aromatic nitrogens is 4. The molecule has 0 saturated carbocycles. The van der Waals surface area contributed by atoms with Crippen LogP contribution in [0.4, 0.5) is 0 Å². The van der Waals surface area contributed by atoms with Crippen molar-refractivity contribution in [3.05, 3.63) is 36.9 Å². The molecule has 0 aliphatic carbocycles. The van der Waals surface area contributed by atoms with Gasteiger partial charge in [-0.05, 0) is 30.3 Å². The highest BCUT2D eigenvalue weighted by Crippen LogP contribution is 2.24. The lowest BCUT2D eigenvalue weighted by molar-refractivity contribution is -0.127. The topological polar surface area (TPSA) is 73.1 Å². The van der Waals surface area contributed by atoms with Crippen molar-refractivity contribution < 1.29 is 9.53 Å². The minimum Gasteiger partial charge on any atom is -0.490 e. The van der Waals surface area contributed by atoms with Gasteiger partial charge in [-0.2, -0.15) is 4.80 Å². The van der Waals surface area contributed by atoms with Crippen LogP contribution in [0.2, 0.25) is 0 Å². The molecule has 2 aromatic rings. The monoisotopic (exact) mass is 327 g/mol. The summed E-state index contributed by atoms with van der Waals surface area (Å²) in [6.07, 6.45) is 3.09. The quantitative estimate of drug-likeness (QED) is 0.785. The SMILES string of the molecule is C=CC(=O)N1CCC(Oc2cccc(-c3nnn(CC)n3)c2)CC1. The normalized spacial score (nSPS) is 15.3. The summed E-state index contributed by atoms with van der Waals surface area (Å²) in [7, 11) is 0. The fraction of sp³-hybridized carbons (Fsp3) is 0.412. The molecule has 3 rings (SSSR count). The number of nitrogens with zero attached hydrogens (tertiary/aromatic N) is 5. The molecule has 1 aliphatic rings. The zero-order chi connectivity index (χ0) is 16.9. The van der Waals surface area contributed by atoms with Gasteiger partial charge in [0.25, 0.3) is 0 Å². The maximum absolute atomic E-state index is 11.6. The second-order valence-electron chi connectivity index (χ2n) is 5.68. The molecular weight excluding hydrogens is 306 g/mol. The van der Waals surface area contributed by atoms with Crippen LogP contribution in [0.25, 0.3) is 11.4 Å². The van der Waals surface area contributed by atoms with Crippen LogP contribution in [-0.4, -0.2) is 50.2 Å². The molecule has 24 heavy (non-hydrogen) atoms. The van der Waals surface area contributed by atoms with Crippen molar-refractivity contribution in [2.24, 2.45) is 0 Å². The largest absolute Gasteiger partial charge is 0.490 e. The minimum atomic E-state index is -0.0134. The van der Waals surface area contributed by atoms with Gasteiger partial charge < -0.3 is 9.64 Å². The summed E-state index contributed by atoms with van der Waals surface area (Å²) in [6, 6.07) is 7.72. The van der Waals surface area contributed by atoms with Crippen molar-refractivity contribution >= 4 is 5.91 Å². The molecule has 126 valence electrons. The number of aryl methyl sites for hydroxylation is 1. The van der Waals surface area contributed by atoms with E-state index in [1.165, 1.54) is 6.08 Å². The van der Waals surface area contributed by atoms with E-state index in [-0.39, 0.29) is 12.0 Å². The number of tetrazole rings is 1. The Bertz CT molecular complexity index is 719. The van der Waals surface area contributed by atoms with Gasteiger partial charge >= 0.3 is 0 Å². The molecule has 0 spiro atoms. The zero-order valence-electron chi connectivity index (χ0n) is 13.8. The number of piperidine rings is 1. The number of likely N-dealkylation sites (tertiary alicyclic amines) is 1. The molecule has 1 aliphatic heterocycles. The first-order chi connectivity index (χ1) is 11.7. The minimum absolute atomic E-state index is 0.0134. The van der Waals surface area contributed by atoms with Gasteiger partial charge in [0.2, 0.25) is 11.7 Å². The molecule has 1 aromatic heterocycles. The van der Waals surface area contributed by atoms with Gasteiger partial charge in [-0.3, -0.25) is 4.79 Å². The van der Waals surface area contributed by atoms with E-state index in [1.807, 2.05) is 31.2 Å². The molecule has 0 bridgehead atoms. The second-order valence-corrected chi connectivity index (χ2v) is 5.68. The van der Waals surface area contributed by atoms with Crippen LogP contribution in [0, 0.1) is 0 Å². The Labute approximate surface area is 140 Å². The van der Waals surface area contributed by atoms with Gasteiger partial charge in [0.1, 0.15) is 11.9 Å². The van der Waals surface area contributed by atoms with Gasteiger partial charge in [0, 0.05) is 31.5 Å². The summed E-state index contributed by atoms with van der Waals surface area (Å²) >= 11 is 0. The highest BCUT2D eigenvalue weighted by Gasteiger charge is 2.22. The second kappa shape index (κ2) is 7.25. The molecule has 0 radical (unpaired) electrons. The van der Waals surface area contributed by atoms with E-state index in [1.54, 1.807) is 9.70 Å². The van der Waals surface area contributed by atoms with Crippen molar-refractivity contribution in [1.29, 1.82) is 0 Å². The zero-order valence-corrected chi connectivity index (χ0v) is 13.8. The van der Waals surface area contributed by atoms with E-state index in [0.29, 0.717) is 25.5 Å². The molecule has 1 amide bonds. The first-order valence-electron chi connectivity index (χ1n) is 8.16. The van der Waals surface area contributed by atoms with Crippen molar-refractivity contribution in [2.45, 2.75) is 32.4 Å². The van der Waals surface area contributed by atoms with Crippen LogP contribution in [0.5, 0.6) is 5.75 Å². The number of rotatable bonds is 5.